The van der Waals surface area contributed by atoms with Crippen molar-refractivity contribution in [2.24, 2.45) is 5.73 Å². The zero-order chi connectivity index (χ0) is 35.7. The Morgan fingerprint density at radius 1 is 0.562 bits per heavy atom. The van der Waals surface area contributed by atoms with Gasteiger partial charge in [-0.1, -0.05) is 155 Å². The quantitative estimate of drug-likeness (QED) is 0.0322. The van der Waals surface area contributed by atoms with E-state index in [-0.39, 0.29) is 19.4 Å². The van der Waals surface area contributed by atoms with E-state index in [0.717, 1.165) is 51.4 Å². The van der Waals surface area contributed by atoms with Gasteiger partial charge in [0.25, 0.3) is 0 Å². The minimum absolute atomic E-state index is 0.168. The van der Waals surface area contributed by atoms with E-state index in [4.69, 9.17) is 24.8 Å². The molecule has 3 unspecified atom stereocenters. The number of hydrogen-bond donors (Lipinski definition) is 3. The SMILES string of the molecule is CCCCCCCCCCCCCCCCCCCCC(=O)OC(COC(=O)CCCCCCCC)COP(=O)(O)OCC(N)C(=O)O. The highest BCUT2D eigenvalue weighted by Gasteiger charge is 2.28. The third kappa shape index (κ3) is 31.7. The summed E-state index contributed by atoms with van der Waals surface area (Å²) < 4.78 is 32.4. The van der Waals surface area contributed by atoms with E-state index >= 15 is 0 Å². The van der Waals surface area contributed by atoms with Crippen molar-refractivity contribution in [3.05, 3.63) is 0 Å². The van der Waals surface area contributed by atoms with Gasteiger partial charge >= 0.3 is 25.7 Å². The number of phosphoric acid groups is 1. The second kappa shape index (κ2) is 32.7. The van der Waals surface area contributed by atoms with Gasteiger partial charge in [-0.25, -0.2) is 4.57 Å². The number of rotatable bonds is 36. The first-order valence-corrected chi connectivity index (χ1v) is 20.6. The van der Waals surface area contributed by atoms with Crippen molar-refractivity contribution in [1.82, 2.24) is 0 Å². The van der Waals surface area contributed by atoms with E-state index < -0.39 is 51.1 Å². The van der Waals surface area contributed by atoms with Crippen molar-refractivity contribution >= 4 is 25.7 Å². The number of aliphatic carboxylic acids is 1. The molecule has 0 bridgehead atoms. The molecule has 0 radical (unpaired) electrons. The summed E-state index contributed by atoms with van der Waals surface area (Å²) >= 11 is 0. The van der Waals surface area contributed by atoms with E-state index in [1.54, 1.807) is 0 Å². The van der Waals surface area contributed by atoms with E-state index in [1.165, 1.54) is 89.9 Å². The van der Waals surface area contributed by atoms with Crippen LogP contribution in [0.15, 0.2) is 0 Å². The Morgan fingerprint density at radius 3 is 1.31 bits per heavy atom. The maximum atomic E-state index is 12.5. The molecule has 0 saturated carbocycles. The van der Waals surface area contributed by atoms with Crippen molar-refractivity contribution in [3.63, 3.8) is 0 Å². The van der Waals surface area contributed by atoms with Crippen LogP contribution in [0, 0.1) is 0 Å². The topological polar surface area (TPSA) is 172 Å². The third-order valence-electron chi connectivity index (χ3n) is 8.36. The smallest absolute Gasteiger partial charge is 0.472 e. The number of carbonyl (C=O) groups is 3. The number of nitrogens with two attached hydrogens (primary N) is 1. The molecule has 0 aromatic rings. The van der Waals surface area contributed by atoms with Crippen LogP contribution in [0.4, 0.5) is 0 Å². The molecule has 0 rings (SSSR count). The van der Waals surface area contributed by atoms with Crippen molar-refractivity contribution < 1.29 is 47.5 Å². The van der Waals surface area contributed by atoms with Crippen LogP contribution in [0.25, 0.3) is 0 Å². The number of hydrogen-bond acceptors (Lipinski definition) is 9. The second-order valence-corrected chi connectivity index (χ2v) is 14.5. The minimum Gasteiger partial charge on any atom is -0.480 e. The molecule has 0 aliphatic carbocycles. The van der Waals surface area contributed by atoms with Crippen molar-refractivity contribution in [3.8, 4) is 0 Å². The first kappa shape index (κ1) is 46.5. The largest absolute Gasteiger partial charge is 0.480 e. The first-order valence-electron chi connectivity index (χ1n) is 19.1. The van der Waals surface area contributed by atoms with Gasteiger partial charge in [0.1, 0.15) is 12.6 Å². The van der Waals surface area contributed by atoms with Crippen LogP contribution in [0.1, 0.15) is 181 Å². The molecule has 4 N–H and O–H groups in total. The fraction of sp³-hybridized carbons (Fsp3) is 0.917. The Bertz CT molecular complexity index is 844. The molecule has 0 aliphatic rings. The fourth-order valence-corrected chi connectivity index (χ4v) is 6.08. The summed E-state index contributed by atoms with van der Waals surface area (Å²) in [5.41, 5.74) is 5.30. The van der Waals surface area contributed by atoms with E-state index in [0.29, 0.717) is 12.8 Å². The highest BCUT2D eigenvalue weighted by atomic mass is 31.2. The molecule has 3 atom stereocenters. The second-order valence-electron chi connectivity index (χ2n) is 13.1. The molecule has 0 aromatic carbocycles. The van der Waals surface area contributed by atoms with Crippen LogP contribution in [-0.2, 0) is 37.5 Å². The van der Waals surface area contributed by atoms with Crippen LogP contribution >= 0.6 is 7.82 Å². The molecule has 284 valence electrons. The van der Waals surface area contributed by atoms with Gasteiger partial charge in [0.2, 0.25) is 0 Å². The highest BCUT2D eigenvalue weighted by Crippen LogP contribution is 2.43. The summed E-state index contributed by atoms with van der Waals surface area (Å²) in [5.74, 6) is -2.38. The van der Waals surface area contributed by atoms with Crippen LogP contribution in [0.5, 0.6) is 0 Å². The number of carbonyl (C=O) groups excluding carboxylic acids is 2. The van der Waals surface area contributed by atoms with Gasteiger partial charge in [0.15, 0.2) is 6.10 Å². The van der Waals surface area contributed by atoms with Crippen LogP contribution in [0.3, 0.4) is 0 Å². The lowest BCUT2D eigenvalue weighted by atomic mass is 10.0. The van der Waals surface area contributed by atoms with E-state index in [2.05, 4.69) is 18.4 Å². The summed E-state index contributed by atoms with van der Waals surface area (Å²) in [6, 6.07) is -1.51. The molecular weight excluding hydrogens is 637 g/mol. The van der Waals surface area contributed by atoms with Gasteiger partial charge < -0.3 is 25.2 Å². The molecule has 0 aliphatic heterocycles. The molecule has 11 nitrogen and oxygen atoms in total. The van der Waals surface area contributed by atoms with Crippen LogP contribution < -0.4 is 5.73 Å². The zero-order valence-corrected chi connectivity index (χ0v) is 31.2. The maximum Gasteiger partial charge on any atom is 0.472 e. The minimum atomic E-state index is -4.69. The average Bonchev–Trinajstić information content (AvgIpc) is 3.05. The molecular formula is C36H70NO10P. The Kier molecular flexibility index (Phi) is 31.6. The summed E-state index contributed by atoms with van der Waals surface area (Å²) in [7, 11) is -4.69. The van der Waals surface area contributed by atoms with Gasteiger partial charge in [0.05, 0.1) is 13.2 Å². The summed E-state index contributed by atoms with van der Waals surface area (Å²) in [5, 5.41) is 8.83. The zero-order valence-electron chi connectivity index (χ0n) is 30.3. The molecule has 0 aromatic heterocycles. The highest BCUT2D eigenvalue weighted by molar-refractivity contribution is 7.47. The fourth-order valence-electron chi connectivity index (χ4n) is 5.30. The van der Waals surface area contributed by atoms with Gasteiger partial charge in [-0.2, -0.15) is 0 Å². The van der Waals surface area contributed by atoms with Crippen LogP contribution in [-0.4, -0.2) is 59.9 Å². The number of esters is 2. The monoisotopic (exact) mass is 707 g/mol. The molecule has 0 saturated heterocycles. The Morgan fingerprint density at radius 2 is 0.917 bits per heavy atom. The Labute approximate surface area is 291 Å². The van der Waals surface area contributed by atoms with Crippen molar-refractivity contribution in [2.75, 3.05) is 19.8 Å². The van der Waals surface area contributed by atoms with Gasteiger partial charge in [-0.05, 0) is 12.8 Å². The number of carboxylic acid groups (broad SMARTS) is 1. The summed E-state index contributed by atoms with van der Waals surface area (Å²) in [6.07, 6.45) is 27.8. The van der Waals surface area contributed by atoms with Gasteiger partial charge in [-0.15, -0.1) is 0 Å². The normalized spacial score (nSPS) is 13.9. The molecule has 0 amide bonds. The van der Waals surface area contributed by atoms with Crippen LogP contribution in [0.2, 0.25) is 0 Å². The molecule has 0 spiro atoms. The predicted molar refractivity (Wildman–Crippen MR) is 190 cm³/mol. The molecule has 12 heteroatoms. The Hall–Kier alpha value is -1.52. The standard InChI is InChI=1S/C36H70NO10P/c1-3-5-7-9-11-12-13-14-15-16-17-18-19-20-21-22-24-26-28-35(39)47-32(29-44-34(38)27-25-23-10-8-6-4-2)30-45-48(42,43)46-31-33(37)36(40)41/h32-33H,3-31,37H2,1-2H3,(H,40,41)(H,42,43). The number of carboxylic acids is 1. The maximum absolute atomic E-state index is 12.5. The lowest BCUT2D eigenvalue weighted by Gasteiger charge is -2.20. The van der Waals surface area contributed by atoms with Crippen molar-refractivity contribution in [2.45, 2.75) is 193 Å². The summed E-state index contributed by atoms with van der Waals surface area (Å²) in [4.78, 5) is 45.5. The van der Waals surface area contributed by atoms with Gasteiger partial charge in [-0.3, -0.25) is 23.4 Å². The lowest BCUT2D eigenvalue weighted by molar-refractivity contribution is -0.161. The van der Waals surface area contributed by atoms with Gasteiger partial charge in [0, 0.05) is 12.8 Å². The molecule has 48 heavy (non-hydrogen) atoms. The summed E-state index contributed by atoms with van der Waals surface area (Å²) in [6.45, 7) is 2.73. The van der Waals surface area contributed by atoms with E-state index in [9.17, 15) is 23.8 Å². The molecule has 0 heterocycles. The van der Waals surface area contributed by atoms with E-state index in [1.807, 2.05) is 0 Å². The van der Waals surface area contributed by atoms with Crippen molar-refractivity contribution in [1.29, 1.82) is 0 Å². The lowest BCUT2D eigenvalue weighted by Crippen LogP contribution is -2.34. The first-order chi connectivity index (χ1) is 23.1. The number of phosphoric ester groups is 1. The number of ether oxygens (including phenoxy) is 2. The third-order valence-corrected chi connectivity index (χ3v) is 9.31. The molecule has 0 fully saturated rings. The average molecular weight is 708 g/mol. The predicted octanol–water partition coefficient (Wildman–Crippen LogP) is 9.17. The number of unbranched alkanes of at least 4 members (excludes halogenated alkanes) is 22. The Balaban J connectivity index is 4.25.